The molecule has 3 aliphatic carbocycles. The van der Waals surface area contributed by atoms with Crippen molar-refractivity contribution in [2.45, 2.75) is 82.6 Å². The summed E-state index contributed by atoms with van der Waals surface area (Å²) >= 11 is 0. The van der Waals surface area contributed by atoms with Gasteiger partial charge in [0.05, 0.1) is 24.9 Å². The quantitative estimate of drug-likeness (QED) is 0.384. The molecular weight excluding hydrogens is 550 g/mol. The highest BCUT2D eigenvalue weighted by Gasteiger charge is 2.55. The number of ether oxygens (including phenoxy) is 1. The average Bonchev–Trinajstić information content (AvgIpc) is 3.71. The van der Waals surface area contributed by atoms with E-state index in [4.69, 9.17) is 4.74 Å². The van der Waals surface area contributed by atoms with E-state index in [1.165, 1.54) is 0 Å². The second-order valence-corrected chi connectivity index (χ2v) is 14.3. The van der Waals surface area contributed by atoms with Gasteiger partial charge < -0.3 is 15.2 Å². The summed E-state index contributed by atoms with van der Waals surface area (Å²) in [5.74, 6) is 0.550. The van der Waals surface area contributed by atoms with Crippen molar-refractivity contribution in [2.75, 3.05) is 11.5 Å². The van der Waals surface area contributed by atoms with Gasteiger partial charge in [-0.15, -0.1) is 0 Å². The van der Waals surface area contributed by atoms with Crippen LogP contribution in [0.5, 0.6) is 0 Å². The minimum atomic E-state index is -0.951. The van der Waals surface area contributed by atoms with E-state index in [1.807, 2.05) is 48.5 Å². The van der Waals surface area contributed by atoms with E-state index in [1.54, 1.807) is 17.3 Å². The molecule has 1 aromatic heterocycles. The number of hydrogen-bond acceptors (Lipinski definition) is 5. The lowest BCUT2D eigenvalue weighted by Gasteiger charge is -2.38. The third-order valence-electron chi connectivity index (χ3n) is 10.7. The van der Waals surface area contributed by atoms with Crippen LogP contribution in [0.25, 0.3) is 0 Å². The highest BCUT2D eigenvalue weighted by atomic mass is 16.5. The maximum absolute atomic E-state index is 15.0. The smallest absolute Gasteiger partial charge is 0.248 e. The number of aliphatic hydroxyl groups excluding tert-OH is 1. The summed E-state index contributed by atoms with van der Waals surface area (Å²) in [7, 11) is 0. The highest BCUT2D eigenvalue weighted by molar-refractivity contribution is 6.02. The summed E-state index contributed by atoms with van der Waals surface area (Å²) in [5, 5.41) is 14.2. The first kappa shape index (κ1) is 29.2. The molecule has 3 aromatic rings. The van der Waals surface area contributed by atoms with Crippen molar-refractivity contribution in [3.05, 3.63) is 95.3 Å². The van der Waals surface area contributed by atoms with E-state index in [2.05, 4.69) is 43.2 Å². The summed E-state index contributed by atoms with van der Waals surface area (Å²) < 4.78 is 6.16. The number of nitrogens with zero attached hydrogens (tertiary/aromatic N) is 2. The van der Waals surface area contributed by atoms with Crippen LogP contribution < -0.4 is 10.2 Å². The van der Waals surface area contributed by atoms with Gasteiger partial charge in [0.2, 0.25) is 11.8 Å². The summed E-state index contributed by atoms with van der Waals surface area (Å²) in [6.45, 7) is 7.22. The fourth-order valence-corrected chi connectivity index (χ4v) is 8.54. The van der Waals surface area contributed by atoms with Gasteiger partial charge in [-0.3, -0.25) is 19.5 Å². The fraction of sp³-hybridized carbons (Fsp3) is 0.486. The predicted octanol–water partition coefficient (Wildman–Crippen LogP) is 5.68. The van der Waals surface area contributed by atoms with E-state index in [9.17, 15) is 9.90 Å². The van der Waals surface area contributed by atoms with Gasteiger partial charge >= 0.3 is 0 Å². The van der Waals surface area contributed by atoms with Crippen LogP contribution in [0.1, 0.15) is 80.8 Å². The van der Waals surface area contributed by atoms with Crippen molar-refractivity contribution in [3.63, 3.8) is 0 Å². The Kier molecular flexibility index (Phi) is 7.58. The lowest BCUT2D eigenvalue weighted by Crippen LogP contribution is -2.49. The van der Waals surface area contributed by atoms with Crippen molar-refractivity contribution < 1.29 is 19.4 Å². The SMILES string of the molecule is CC(C)(C)c1ccc(N(C(=O)C2CC3CO[C@@H]4CCC[C@H]2[C@H]34)C(C(=O)N[C@@H]2c3ccccc3C[C@@H]2O)c2cccnc2)cc1. The molecular formula is C37H43N3O4. The molecule has 4 aliphatic rings. The molecule has 2 N–H and O–H groups in total. The molecule has 7 heteroatoms. The first-order valence-corrected chi connectivity index (χ1v) is 16.2. The Labute approximate surface area is 260 Å². The number of aliphatic hydroxyl groups is 1. The van der Waals surface area contributed by atoms with Crippen molar-refractivity contribution in [1.82, 2.24) is 10.3 Å². The number of pyridine rings is 1. The Balaban J connectivity index is 1.30. The fourth-order valence-electron chi connectivity index (χ4n) is 8.54. The number of carbonyl (C=O) groups excluding carboxylic acids is 2. The number of rotatable bonds is 6. The van der Waals surface area contributed by atoms with Gasteiger partial charge in [0.25, 0.3) is 0 Å². The van der Waals surface area contributed by atoms with Crippen LogP contribution in [0, 0.1) is 23.7 Å². The van der Waals surface area contributed by atoms with Gasteiger partial charge in [-0.05, 0) is 77.3 Å². The number of anilines is 1. The molecule has 2 amide bonds. The Hall–Kier alpha value is -3.55. The number of aromatic nitrogens is 1. The third kappa shape index (κ3) is 5.14. The average molecular weight is 594 g/mol. The van der Waals surface area contributed by atoms with Crippen molar-refractivity contribution in [1.29, 1.82) is 0 Å². The van der Waals surface area contributed by atoms with E-state index in [-0.39, 0.29) is 35.2 Å². The molecule has 3 fully saturated rings. The molecule has 2 saturated carbocycles. The molecule has 7 rings (SSSR count). The minimum absolute atomic E-state index is 0.00932. The Morgan fingerprint density at radius 3 is 2.59 bits per heavy atom. The molecule has 8 atom stereocenters. The van der Waals surface area contributed by atoms with Gasteiger partial charge in [0.15, 0.2) is 0 Å². The van der Waals surface area contributed by atoms with Crippen LogP contribution in [0.3, 0.4) is 0 Å². The maximum atomic E-state index is 15.0. The first-order valence-electron chi connectivity index (χ1n) is 16.2. The molecule has 230 valence electrons. The second-order valence-electron chi connectivity index (χ2n) is 14.3. The standard InChI is InChI=1S/C37H43N3O4/c1-37(2,3)25-13-15-26(16-14-25)40(36(43)29-18-24-21-44-31-12-6-11-28(29)32(24)31)34(23-9-7-17-38-20-23)35(42)39-33-27-10-5-4-8-22(27)19-30(33)41/h4-5,7-10,13-17,20,24,28-34,41H,6,11-12,18-19,21H2,1-3H3,(H,39,42)/t24?,28-,29?,30+,31-,32+,33-,34?/m1/s1. The summed E-state index contributed by atoms with van der Waals surface area (Å²) in [6, 6.07) is 18.1. The normalized spacial score (nSPS) is 29.5. The van der Waals surface area contributed by atoms with Crippen molar-refractivity contribution in [3.8, 4) is 0 Å². The molecule has 0 bridgehead atoms. The van der Waals surface area contributed by atoms with Crippen LogP contribution in [0.15, 0.2) is 73.1 Å². The van der Waals surface area contributed by atoms with Gasteiger partial charge in [0.1, 0.15) is 6.04 Å². The monoisotopic (exact) mass is 593 g/mol. The molecule has 0 spiro atoms. The van der Waals surface area contributed by atoms with E-state index in [0.29, 0.717) is 29.5 Å². The maximum Gasteiger partial charge on any atom is 0.248 e. The van der Waals surface area contributed by atoms with E-state index in [0.717, 1.165) is 49.0 Å². The van der Waals surface area contributed by atoms with E-state index >= 15 is 4.79 Å². The lowest BCUT2D eigenvalue weighted by atomic mass is 9.75. The topological polar surface area (TPSA) is 91.8 Å². The Morgan fingerprint density at radius 1 is 1.05 bits per heavy atom. The lowest BCUT2D eigenvalue weighted by molar-refractivity contribution is -0.130. The van der Waals surface area contributed by atoms with Crippen LogP contribution in [0.4, 0.5) is 5.69 Å². The molecule has 1 aliphatic heterocycles. The largest absolute Gasteiger partial charge is 0.390 e. The number of hydrogen-bond donors (Lipinski definition) is 2. The predicted molar refractivity (Wildman–Crippen MR) is 169 cm³/mol. The molecule has 2 aromatic carbocycles. The second kappa shape index (κ2) is 11.4. The molecule has 2 heterocycles. The summed E-state index contributed by atoms with van der Waals surface area (Å²) in [6.07, 6.45) is 7.29. The molecule has 1 saturated heterocycles. The third-order valence-corrected chi connectivity index (χ3v) is 10.7. The molecule has 7 nitrogen and oxygen atoms in total. The zero-order chi connectivity index (χ0) is 30.6. The molecule has 3 unspecified atom stereocenters. The number of carbonyl (C=O) groups is 2. The van der Waals surface area contributed by atoms with E-state index < -0.39 is 18.2 Å². The van der Waals surface area contributed by atoms with Crippen LogP contribution in [0.2, 0.25) is 0 Å². The first-order chi connectivity index (χ1) is 21.2. The number of amides is 2. The highest BCUT2D eigenvalue weighted by Crippen LogP contribution is 2.54. The summed E-state index contributed by atoms with van der Waals surface area (Å²) in [5.41, 5.74) is 4.38. The zero-order valence-electron chi connectivity index (χ0n) is 25.9. The van der Waals surface area contributed by atoms with Crippen LogP contribution in [-0.4, -0.2) is 40.7 Å². The van der Waals surface area contributed by atoms with Gasteiger partial charge in [-0.25, -0.2) is 0 Å². The zero-order valence-corrected chi connectivity index (χ0v) is 25.9. The number of nitrogens with one attached hydrogen (secondary N) is 1. The van der Waals surface area contributed by atoms with Crippen LogP contribution >= 0.6 is 0 Å². The number of fused-ring (bicyclic) bond motifs is 1. The van der Waals surface area contributed by atoms with Gasteiger partial charge in [-0.2, -0.15) is 0 Å². The van der Waals surface area contributed by atoms with Gasteiger partial charge in [-0.1, -0.05) is 69.7 Å². The van der Waals surface area contributed by atoms with Gasteiger partial charge in [0, 0.05) is 36.0 Å². The summed E-state index contributed by atoms with van der Waals surface area (Å²) in [4.78, 5) is 35.7. The Bertz CT molecular complexity index is 1520. The Morgan fingerprint density at radius 2 is 1.84 bits per heavy atom. The minimum Gasteiger partial charge on any atom is -0.390 e. The van der Waals surface area contributed by atoms with Crippen LogP contribution in [-0.2, 0) is 26.2 Å². The molecule has 44 heavy (non-hydrogen) atoms. The number of benzene rings is 2. The van der Waals surface area contributed by atoms with Crippen molar-refractivity contribution in [2.24, 2.45) is 23.7 Å². The molecule has 0 radical (unpaired) electrons. The van der Waals surface area contributed by atoms with Crippen molar-refractivity contribution >= 4 is 17.5 Å².